The zero-order valence-electron chi connectivity index (χ0n) is 15.5. The highest BCUT2D eigenvalue weighted by Gasteiger charge is 2.37. The van der Waals surface area contributed by atoms with E-state index in [0.717, 1.165) is 38.0 Å². The number of piperidine rings is 3. The average Bonchev–Trinajstić information content (AvgIpc) is 2.73. The van der Waals surface area contributed by atoms with E-state index >= 15 is 0 Å². The van der Waals surface area contributed by atoms with Gasteiger partial charge in [0.05, 0.1) is 24.0 Å². The molecule has 28 heavy (non-hydrogen) atoms. The zero-order valence-corrected chi connectivity index (χ0v) is 15.5. The Morgan fingerprint density at radius 3 is 2.68 bits per heavy atom. The number of carbonyl (C=O) groups is 2. The molecular formula is C21H23N3O4. The van der Waals surface area contributed by atoms with E-state index < -0.39 is 12.1 Å². The molecule has 3 saturated heterocycles. The molecule has 0 spiro atoms. The third-order valence-electron chi connectivity index (χ3n) is 5.54. The highest BCUT2D eigenvalue weighted by Crippen LogP contribution is 2.30. The molecule has 5 rings (SSSR count). The number of fused-ring (bicyclic) bond motifs is 3. The van der Waals surface area contributed by atoms with Crippen LogP contribution in [0.2, 0.25) is 0 Å². The molecule has 1 aromatic carbocycles. The smallest absolute Gasteiger partial charge is 0.414 e. The number of nitrogens with zero attached hydrogens (tertiary/aromatic N) is 3. The van der Waals surface area contributed by atoms with Crippen molar-refractivity contribution in [3.8, 4) is 0 Å². The van der Waals surface area contributed by atoms with Crippen LogP contribution in [0.25, 0.3) is 0 Å². The quantitative estimate of drug-likeness (QED) is 0.857. The van der Waals surface area contributed by atoms with Crippen molar-refractivity contribution in [2.75, 3.05) is 24.5 Å². The standard InChI is InChI=1S/C21H23N3O4/c25-20(26)17-4-1-3-15(11-17)13-24(18-5-2-8-22-12-18)21(27)28-19-14-23-9-6-16(19)7-10-23/h1-5,8,11-12,16,19H,6-7,9-10,13-14H2,(H,25,26)/t19-/m0/s1. The number of carbonyl (C=O) groups excluding carboxylic acids is 1. The summed E-state index contributed by atoms with van der Waals surface area (Å²) >= 11 is 0. The van der Waals surface area contributed by atoms with E-state index in [1.807, 2.05) is 0 Å². The van der Waals surface area contributed by atoms with Crippen LogP contribution in [0, 0.1) is 5.92 Å². The molecule has 7 heteroatoms. The van der Waals surface area contributed by atoms with E-state index in [1.165, 1.54) is 11.0 Å². The Labute approximate surface area is 163 Å². The van der Waals surface area contributed by atoms with Gasteiger partial charge in [-0.3, -0.25) is 14.8 Å². The summed E-state index contributed by atoms with van der Waals surface area (Å²) in [5.74, 6) is -0.579. The lowest BCUT2D eigenvalue weighted by Gasteiger charge is -2.44. The highest BCUT2D eigenvalue weighted by atomic mass is 16.6. The monoisotopic (exact) mass is 381 g/mol. The Hall–Kier alpha value is -2.93. The Bertz CT molecular complexity index is 850. The Morgan fingerprint density at radius 1 is 1.21 bits per heavy atom. The van der Waals surface area contributed by atoms with Crippen LogP contribution in [0.4, 0.5) is 10.5 Å². The molecule has 1 aromatic heterocycles. The molecule has 146 valence electrons. The lowest BCUT2D eigenvalue weighted by atomic mass is 9.86. The maximum atomic E-state index is 13.1. The van der Waals surface area contributed by atoms with Crippen molar-refractivity contribution < 1.29 is 19.4 Å². The molecule has 0 radical (unpaired) electrons. The second kappa shape index (κ2) is 7.98. The van der Waals surface area contributed by atoms with Crippen LogP contribution < -0.4 is 4.90 Å². The SMILES string of the molecule is O=C(O)c1cccc(CN(C(=O)O[C@H]2CN3CCC2CC3)c2cccnc2)c1. The minimum atomic E-state index is -0.996. The van der Waals surface area contributed by atoms with E-state index in [4.69, 9.17) is 4.74 Å². The number of rotatable bonds is 5. The van der Waals surface area contributed by atoms with Gasteiger partial charge in [0, 0.05) is 12.7 Å². The second-order valence-electron chi connectivity index (χ2n) is 7.36. The van der Waals surface area contributed by atoms with Crippen LogP contribution in [0.15, 0.2) is 48.8 Å². The lowest BCUT2D eigenvalue weighted by Crippen LogP contribution is -2.53. The van der Waals surface area contributed by atoms with Gasteiger partial charge < -0.3 is 9.84 Å². The van der Waals surface area contributed by atoms with Crippen molar-refractivity contribution in [2.45, 2.75) is 25.5 Å². The molecule has 3 aliphatic rings. The fourth-order valence-electron chi connectivity index (χ4n) is 4.00. The normalized spacial score (nSPS) is 23.2. The largest absolute Gasteiger partial charge is 0.478 e. The molecule has 4 heterocycles. The molecule has 1 amide bonds. The van der Waals surface area contributed by atoms with Crippen LogP contribution in [0.5, 0.6) is 0 Å². The summed E-state index contributed by atoms with van der Waals surface area (Å²) in [6.07, 6.45) is 4.85. The summed E-state index contributed by atoms with van der Waals surface area (Å²) in [6, 6.07) is 10.2. The summed E-state index contributed by atoms with van der Waals surface area (Å²) in [5, 5.41) is 9.23. The number of carboxylic acid groups (broad SMARTS) is 1. The number of ether oxygens (including phenoxy) is 1. The number of benzene rings is 1. The number of aromatic nitrogens is 1. The summed E-state index contributed by atoms with van der Waals surface area (Å²) in [6.45, 7) is 3.15. The molecule has 2 bridgehead atoms. The van der Waals surface area contributed by atoms with Crippen molar-refractivity contribution in [3.05, 3.63) is 59.9 Å². The van der Waals surface area contributed by atoms with Gasteiger partial charge in [-0.2, -0.15) is 0 Å². The Balaban J connectivity index is 1.54. The molecular weight excluding hydrogens is 358 g/mol. The van der Waals surface area contributed by atoms with Gasteiger partial charge in [0.1, 0.15) is 6.10 Å². The zero-order chi connectivity index (χ0) is 19.5. The number of amides is 1. The molecule has 7 nitrogen and oxygen atoms in total. The van der Waals surface area contributed by atoms with E-state index in [0.29, 0.717) is 11.6 Å². The van der Waals surface area contributed by atoms with E-state index in [2.05, 4.69) is 9.88 Å². The number of aromatic carboxylic acids is 1. The van der Waals surface area contributed by atoms with Gasteiger partial charge in [-0.1, -0.05) is 12.1 Å². The number of pyridine rings is 1. The van der Waals surface area contributed by atoms with E-state index in [9.17, 15) is 14.7 Å². The molecule has 0 unspecified atom stereocenters. The van der Waals surface area contributed by atoms with Crippen molar-refractivity contribution >= 4 is 17.7 Å². The lowest BCUT2D eigenvalue weighted by molar-refractivity contribution is -0.0311. The minimum absolute atomic E-state index is 0.0977. The fourth-order valence-corrected chi connectivity index (χ4v) is 4.00. The molecule has 3 aliphatic heterocycles. The van der Waals surface area contributed by atoms with Gasteiger partial charge in [-0.15, -0.1) is 0 Å². The molecule has 3 fully saturated rings. The second-order valence-corrected chi connectivity index (χ2v) is 7.36. The van der Waals surface area contributed by atoms with E-state index in [1.54, 1.807) is 42.7 Å². The summed E-state index contributed by atoms with van der Waals surface area (Å²) in [7, 11) is 0. The predicted octanol–water partition coefficient (Wildman–Crippen LogP) is 3.02. The molecule has 0 saturated carbocycles. The van der Waals surface area contributed by atoms with Crippen LogP contribution in [0.1, 0.15) is 28.8 Å². The van der Waals surface area contributed by atoms with Gasteiger partial charge in [0.2, 0.25) is 0 Å². The third-order valence-corrected chi connectivity index (χ3v) is 5.54. The van der Waals surface area contributed by atoms with Crippen LogP contribution in [0.3, 0.4) is 0 Å². The van der Waals surface area contributed by atoms with Gasteiger partial charge in [0.25, 0.3) is 0 Å². The maximum absolute atomic E-state index is 13.1. The van der Waals surface area contributed by atoms with Gasteiger partial charge in [-0.25, -0.2) is 9.59 Å². The van der Waals surface area contributed by atoms with Crippen molar-refractivity contribution in [1.82, 2.24) is 9.88 Å². The first-order valence-electron chi connectivity index (χ1n) is 9.53. The summed E-state index contributed by atoms with van der Waals surface area (Å²) < 4.78 is 5.89. The minimum Gasteiger partial charge on any atom is -0.478 e. The molecule has 1 atom stereocenters. The number of anilines is 1. The molecule has 2 aromatic rings. The van der Waals surface area contributed by atoms with Gasteiger partial charge >= 0.3 is 12.1 Å². The first-order chi connectivity index (χ1) is 13.6. The fraction of sp³-hybridized carbons (Fsp3) is 0.381. The van der Waals surface area contributed by atoms with Crippen LogP contribution in [-0.2, 0) is 11.3 Å². The number of hydrogen-bond acceptors (Lipinski definition) is 5. The first-order valence-corrected chi connectivity index (χ1v) is 9.53. The summed E-state index contributed by atoms with van der Waals surface area (Å²) in [4.78, 5) is 32.3. The first kappa shape index (κ1) is 18.4. The van der Waals surface area contributed by atoms with Gasteiger partial charge in [0.15, 0.2) is 0 Å². The van der Waals surface area contributed by atoms with Crippen LogP contribution >= 0.6 is 0 Å². The third kappa shape index (κ3) is 3.99. The van der Waals surface area contributed by atoms with Crippen molar-refractivity contribution in [3.63, 3.8) is 0 Å². The predicted molar refractivity (Wildman–Crippen MR) is 103 cm³/mol. The maximum Gasteiger partial charge on any atom is 0.414 e. The Kier molecular flexibility index (Phi) is 5.25. The average molecular weight is 381 g/mol. The van der Waals surface area contributed by atoms with Crippen LogP contribution in [-0.4, -0.2) is 52.8 Å². The highest BCUT2D eigenvalue weighted by molar-refractivity contribution is 5.89. The number of hydrogen-bond donors (Lipinski definition) is 1. The summed E-state index contributed by atoms with van der Waals surface area (Å²) in [5.41, 5.74) is 1.53. The number of carboxylic acids is 1. The van der Waals surface area contributed by atoms with E-state index in [-0.39, 0.29) is 18.2 Å². The topological polar surface area (TPSA) is 83.0 Å². The molecule has 0 aliphatic carbocycles. The molecule has 1 N–H and O–H groups in total. The van der Waals surface area contributed by atoms with Crippen molar-refractivity contribution in [1.29, 1.82) is 0 Å². The van der Waals surface area contributed by atoms with Crippen molar-refractivity contribution in [2.24, 2.45) is 5.92 Å². The Morgan fingerprint density at radius 2 is 2.04 bits per heavy atom. The van der Waals surface area contributed by atoms with Gasteiger partial charge in [-0.05, 0) is 61.7 Å².